The van der Waals surface area contributed by atoms with E-state index < -0.39 is 0 Å². The fourth-order valence-electron chi connectivity index (χ4n) is 2.04. The Bertz CT molecular complexity index is 247. The Morgan fingerprint density at radius 1 is 1.12 bits per heavy atom. The van der Waals surface area contributed by atoms with Crippen molar-refractivity contribution >= 4 is 5.91 Å². The van der Waals surface area contributed by atoms with E-state index in [9.17, 15) is 4.79 Å². The van der Waals surface area contributed by atoms with Crippen molar-refractivity contribution in [1.29, 1.82) is 0 Å². The van der Waals surface area contributed by atoms with Crippen LogP contribution in [0.2, 0.25) is 0 Å². The summed E-state index contributed by atoms with van der Waals surface area (Å²) in [5.41, 5.74) is 0.958. The number of piperazine rings is 1. The van der Waals surface area contributed by atoms with Gasteiger partial charge in [0.05, 0.1) is 6.04 Å². The molecule has 0 spiro atoms. The van der Waals surface area contributed by atoms with Crippen LogP contribution in [-0.2, 0) is 4.79 Å². The first kappa shape index (κ1) is 13.1. The van der Waals surface area contributed by atoms with Crippen LogP contribution in [0.25, 0.3) is 0 Å². The Kier molecular flexibility index (Phi) is 4.39. The summed E-state index contributed by atoms with van der Waals surface area (Å²) < 4.78 is 0. The number of carbonyl (C=O) groups excluding carboxylic acids is 1. The highest BCUT2D eigenvalue weighted by molar-refractivity contribution is 5.84. The SMILES string of the molecule is C=C1NC(C(C)CC)C(=O)NC1C(C)CC. The molecular weight excluding hydrogens is 200 g/mol. The quantitative estimate of drug-likeness (QED) is 0.767. The molecule has 0 radical (unpaired) electrons. The summed E-state index contributed by atoms with van der Waals surface area (Å²) in [6.07, 6.45) is 2.03. The van der Waals surface area contributed by atoms with Gasteiger partial charge in [0.15, 0.2) is 0 Å². The molecule has 1 amide bonds. The molecule has 0 aliphatic carbocycles. The Balaban J connectivity index is 2.71. The summed E-state index contributed by atoms with van der Waals surface area (Å²) in [5, 5.41) is 6.36. The Morgan fingerprint density at radius 3 is 2.12 bits per heavy atom. The molecule has 1 saturated heterocycles. The van der Waals surface area contributed by atoms with Crippen LogP contribution in [0.1, 0.15) is 40.5 Å². The van der Waals surface area contributed by atoms with Crippen LogP contribution >= 0.6 is 0 Å². The lowest BCUT2D eigenvalue weighted by Crippen LogP contribution is -2.60. The molecule has 92 valence electrons. The van der Waals surface area contributed by atoms with Crippen LogP contribution in [0.5, 0.6) is 0 Å². The number of amides is 1. The monoisotopic (exact) mass is 224 g/mol. The van der Waals surface area contributed by atoms with Crippen LogP contribution in [0.4, 0.5) is 0 Å². The fourth-order valence-corrected chi connectivity index (χ4v) is 2.04. The molecule has 1 rings (SSSR count). The van der Waals surface area contributed by atoms with E-state index in [1.165, 1.54) is 0 Å². The minimum absolute atomic E-state index is 0.0813. The lowest BCUT2D eigenvalue weighted by Gasteiger charge is -2.38. The smallest absolute Gasteiger partial charge is 0.243 e. The first-order valence-electron chi connectivity index (χ1n) is 6.26. The number of hydrogen-bond acceptors (Lipinski definition) is 2. The maximum atomic E-state index is 12.0. The van der Waals surface area contributed by atoms with Crippen LogP contribution in [0.15, 0.2) is 12.3 Å². The summed E-state index contributed by atoms with van der Waals surface area (Å²) >= 11 is 0. The summed E-state index contributed by atoms with van der Waals surface area (Å²) in [7, 11) is 0. The minimum Gasteiger partial charge on any atom is -0.376 e. The summed E-state index contributed by atoms with van der Waals surface area (Å²) in [5.74, 6) is 0.892. The maximum absolute atomic E-state index is 12.0. The maximum Gasteiger partial charge on any atom is 0.243 e. The third-order valence-corrected chi connectivity index (χ3v) is 3.72. The van der Waals surface area contributed by atoms with Gasteiger partial charge in [0.2, 0.25) is 5.91 Å². The molecule has 4 atom stereocenters. The molecule has 1 heterocycles. The molecule has 2 N–H and O–H groups in total. The van der Waals surface area contributed by atoms with Gasteiger partial charge < -0.3 is 10.6 Å². The molecule has 0 aromatic rings. The molecule has 1 fully saturated rings. The van der Waals surface area contributed by atoms with Crippen molar-refractivity contribution in [2.75, 3.05) is 0 Å². The zero-order valence-electron chi connectivity index (χ0n) is 10.8. The lowest BCUT2D eigenvalue weighted by atomic mass is 9.90. The topological polar surface area (TPSA) is 41.1 Å². The van der Waals surface area contributed by atoms with Crippen molar-refractivity contribution in [1.82, 2.24) is 10.6 Å². The standard InChI is InChI=1S/C13H24N2O/c1-6-8(3)11-10(5)14-12(9(4)7-2)13(16)15-11/h8-9,11-12,14H,5-7H2,1-4H3,(H,15,16). The van der Waals surface area contributed by atoms with Crippen LogP contribution in [-0.4, -0.2) is 18.0 Å². The van der Waals surface area contributed by atoms with Gasteiger partial charge in [0.1, 0.15) is 6.04 Å². The number of hydrogen-bond donors (Lipinski definition) is 2. The third-order valence-electron chi connectivity index (χ3n) is 3.72. The van der Waals surface area contributed by atoms with Crippen molar-refractivity contribution in [3.63, 3.8) is 0 Å². The Hall–Kier alpha value is -0.990. The van der Waals surface area contributed by atoms with Crippen molar-refractivity contribution in [2.45, 2.75) is 52.6 Å². The van der Waals surface area contributed by atoms with E-state index in [1.54, 1.807) is 0 Å². The predicted octanol–water partition coefficient (Wildman–Crippen LogP) is 2.05. The van der Waals surface area contributed by atoms with E-state index in [2.05, 4.69) is 44.9 Å². The first-order chi connectivity index (χ1) is 7.51. The molecule has 0 aromatic carbocycles. The first-order valence-corrected chi connectivity index (χ1v) is 6.26. The number of rotatable bonds is 4. The predicted molar refractivity (Wildman–Crippen MR) is 66.9 cm³/mol. The molecule has 4 unspecified atom stereocenters. The molecule has 0 saturated carbocycles. The van der Waals surface area contributed by atoms with Crippen molar-refractivity contribution in [2.24, 2.45) is 11.8 Å². The van der Waals surface area contributed by atoms with E-state index in [0.29, 0.717) is 11.8 Å². The van der Waals surface area contributed by atoms with E-state index >= 15 is 0 Å². The Morgan fingerprint density at radius 2 is 1.62 bits per heavy atom. The lowest BCUT2D eigenvalue weighted by molar-refractivity contribution is -0.126. The third kappa shape index (κ3) is 2.57. The summed E-state index contributed by atoms with van der Waals surface area (Å²) in [6, 6.07) is -0.0318. The molecule has 3 heteroatoms. The minimum atomic E-state index is -0.113. The second kappa shape index (κ2) is 5.37. The van der Waals surface area contributed by atoms with Crippen LogP contribution in [0, 0.1) is 11.8 Å². The second-order valence-electron chi connectivity index (χ2n) is 4.90. The summed E-state index contributed by atoms with van der Waals surface area (Å²) in [6.45, 7) is 12.5. The van der Waals surface area contributed by atoms with Gasteiger partial charge in [0, 0.05) is 5.70 Å². The van der Waals surface area contributed by atoms with Gasteiger partial charge in [-0.1, -0.05) is 47.1 Å². The van der Waals surface area contributed by atoms with Crippen LogP contribution < -0.4 is 10.6 Å². The highest BCUT2D eigenvalue weighted by atomic mass is 16.2. The molecule has 3 nitrogen and oxygen atoms in total. The molecule has 0 bridgehead atoms. The molecule has 0 aromatic heterocycles. The Labute approximate surface area is 98.7 Å². The number of nitrogens with one attached hydrogen (secondary N) is 2. The van der Waals surface area contributed by atoms with Crippen molar-refractivity contribution < 1.29 is 4.79 Å². The second-order valence-corrected chi connectivity index (χ2v) is 4.90. The largest absolute Gasteiger partial charge is 0.376 e. The van der Waals surface area contributed by atoms with Crippen LogP contribution in [0.3, 0.4) is 0 Å². The fraction of sp³-hybridized carbons (Fsp3) is 0.769. The zero-order valence-corrected chi connectivity index (χ0v) is 10.8. The van der Waals surface area contributed by atoms with Gasteiger partial charge >= 0.3 is 0 Å². The molecule has 1 aliphatic heterocycles. The van der Waals surface area contributed by atoms with Gasteiger partial charge in [0.25, 0.3) is 0 Å². The zero-order chi connectivity index (χ0) is 12.3. The highest BCUT2D eigenvalue weighted by Gasteiger charge is 2.34. The van der Waals surface area contributed by atoms with E-state index in [1.807, 2.05) is 0 Å². The van der Waals surface area contributed by atoms with E-state index in [-0.39, 0.29) is 18.0 Å². The highest BCUT2D eigenvalue weighted by Crippen LogP contribution is 2.20. The average Bonchev–Trinajstić information content (AvgIpc) is 2.29. The van der Waals surface area contributed by atoms with E-state index in [4.69, 9.17) is 0 Å². The normalized spacial score (nSPS) is 29.2. The molecular formula is C13H24N2O. The van der Waals surface area contributed by atoms with Gasteiger partial charge in [-0.3, -0.25) is 4.79 Å². The molecule has 1 aliphatic rings. The van der Waals surface area contributed by atoms with Gasteiger partial charge in [-0.25, -0.2) is 0 Å². The van der Waals surface area contributed by atoms with Gasteiger partial charge in [-0.2, -0.15) is 0 Å². The van der Waals surface area contributed by atoms with Gasteiger partial charge in [-0.15, -0.1) is 0 Å². The number of carbonyl (C=O) groups is 1. The van der Waals surface area contributed by atoms with Crippen molar-refractivity contribution in [3.8, 4) is 0 Å². The van der Waals surface area contributed by atoms with Gasteiger partial charge in [-0.05, 0) is 11.8 Å². The average molecular weight is 224 g/mol. The van der Waals surface area contributed by atoms with Crippen molar-refractivity contribution in [3.05, 3.63) is 12.3 Å². The van der Waals surface area contributed by atoms with E-state index in [0.717, 1.165) is 18.5 Å². The summed E-state index contributed by atoms with van der Waals surface area (Å²) in [4.78, 5) is 12.0. The molecule has 16 heavy (non-hydrogen) atoms.